The Balaban J connectivity index is 1.39. The van der Waals surface area contributed by atoms with E-state index >= 15 is 0 Å². The fourth-order valence-corrected chi connectivity index (χ4v) is 4.95. The maximum Gasteiger partial charge on any atom is 0.448 e. The first-order valence-corrected chi connectivity index (χ1v) is 10.5. The van der Waals surface area contributed by atoms with Gasteiger partial charge in [-0.25, -0.2) is 4.79 Å². The highest BCUT2D eigenvalue weighted by molar-refractivity contribution is 8.02. The second-order valence-electron chi connectivity index (χ2n) is 7.35. The topological polar surface area (TPSA) is 64.6 Å². The van der Waals surface area contributed by atoms with Gasteiger partial charge in [-0.2, -0.15) is 26.3 Å². The molecule has 12 heteroatoms. The molecule has 4 rings (SSSR count). The van der Waals surface area contributed by atoms with Crippen LogP contribution in [0.1, 0.15) is 17.0 Å². The smallest absolute Gasteiger partial charge is 0.448 e. The van der Waals surface area contributed by atoms with Gasteiger partial charge in [0.2, 0.25) is 0 Å². The highest BCUT2D eigenvalue weighted by Gasteiger charge is 2.78. The van der Waals surface area contributed by atoms with Gasteiger partial charge >= 0.3 is 29.3 Å². The van der Waals surface area contributed by atoms with Crippen LogP contribution in [0.15, 0.2) is 48.5 Å². The number of ether oxygens (including phenoxy) is 2. The number of cyclic esters (lactones) is 1. The predicted octanol–water partition coefficient (Wildman–Crippen LogP) is 5.00. The van der Waals surface area contributed by atoms with Gasteiger partial charge in [0.05, 0.1) is 0 Å². The van der Waals surface area contributed by atoms with E-state index in [1.54, 1.807) is 0 Å². The van der Waals surface area contributed by atoms with Crippen molar-refractivity contribution in [1.82, 2.24) is 5.32 Å². The fraction of sp³-hybridized carbons (Fsp3) is 0.333. The van der Waals surface area contributed by atoms with Crippen molar-refractivity contribution >= 4 is 23.8 Å². The minimum Gasteiger partial charge on any atom is -0.449 e. The summed E-state index contributed by atoms with van der Waals surface area (Å²) in [4.78, 5) is 19.1. The van der Waals surface area contributed by atoms with Crippen molar-refractivity contribution in [3.05, 3.63) is 59.7 Å². The Hall–Kier alpha value is -2.89. The van der Waals surface area contributed by atoms with Crippen LogP contribution in [0.3, 0.4) is 0 Å². The molecule has 2 aromatic carbocycles. The van der Waals surface area contributed by atoms with Gasteiger partial charge in [-0.1, -0.05) is 60.3 Å². The van der Waals surface area contributed by atoms with E-state index in [0.717, 1.165) is 22.3 Å². The van der Waals surface area contributed by atoms with Crippen molar-refractivity contribution in [2.24, 2.45) is 0 Å². The molecule has 1 atom stereocenters. The third-order valence-electron chi connectivity index (χ3n) is 5.34. The lowest BCUT2D eigenvalue weighted by atomic mass is 9.98. The number of hydrogen-bond donors (Lipinski definition) is 1. The molecule has 1 heterocycles. The van der Waals surface area contributed by atoms with E-state index in [0.29, 0.717) is 0 Å². The van der Waals surface area contributed by atoms with Crippen LogP contribution in [-0.4, -0.2) is 47.7 Å². The second kappa shape index (κ2) is 8.15. The number of carbonyl (C=O) groups is 2. The highest BCUT2D eigenvalue weighted by Crippen LogP contribution is 2.57. The molecule has 1 unspecified atom stereocenters. The number of amides is 1. The molecular formula is C21H15F6NO4S. The van der Waals surface area contributed by atoms with Crippen LogP contribution in [-0.2, 0) is 14.3 Å². The lowest BCUT2D eigenvalue weighted by Crippen LogP contribution is -2.54. The molecule has 0 spiro atoms. The number of esters is 1. The number of fused-ring (bicyclic) bond motifs is 3. The third kappa shape index (κ3) is 4.00. The normalized spacial score (nSPS) is 19.6. The summed E-state index contributed by atoms with van der Waals surface area (Å²) in [6, 6.07) is 15.0. The fourth-order valence-electron chi connectivity index (χ4n) is 3.84. The van der Waals surface area contributed by atoms with Gasteiger partial charge in [-0.05, 0) is 22.3 Å². The highest BCUT2D eigenvalue weighted by atomic mass is 32.2. The van der Waals surface area contributed by atoms with Crippen molar-refractivity contribution in [3.8, 4) is 11.1 Å². The zero-order chi connectivity index (χ0) is 24.0. The molecule has 5 nitrogen and oxygen atoms in total. The monoisotopic (exact) mass is 491 g/mol. The lowest BCUT2D eigenvalue weighted by Gasteiger charge is -2.30. The van der Waals surface area contributed by atoms with Crippen molar-refractivity contribution in [2.45, 2.75) is 28.5 Å². The van der Waals surface area contributed by atoms with Crippen molar-refractivity contribution in [3.63, 3.8) is 0 Å². The van der Waals surface area contributed by atoms with Gasteiger partial charge < -0.3 is 14.8 Å². The summed E-state index contributed by atoms with van der Waals surface area (Å²) < 4.78 is 87.3. The van der Waals surface area contributed by atoms with E-state index in [2.05, 4.69) is 10.1 Å². The molecule has 33 heavy (non-hydrogen) atoms. The zero-order valence-corrected chi connectivity index (χ0v) is 17.3. The van der Waals surface area contributed by atoms with E-state index in [1.807, 2.05) is 48.5 Å². The summed E-state index contributed by atoms with van der Waals surface area (Å²) in [6.45, 7) is -0.939. The van der Waals surface area contributed by atoms with Gasteiger partial charge in [0.15, 0.2) is 0 Å². The summed E-state index contributed by atoms with van der Waals surface area (Å²) in [6.07, 6.45) is -12.9. The van der Waals surface area contributed by atoms with Crippen molar-refractivity contribution in [2.75, 3.05) is 13.2 Å². The summed E-state index contributed by atoms with van der Waals surface area (Å²) in [5.74, 6) is -2.02. The Bertz CT molecular complexity index is 1030. The largest absolute Gasteiger partial charge is 0.449 e. The molecule has 0 aromatic heterocycles. The molecular weight excluding hydrogens is 476 g/mol. The molecule has 0 radical (unpaired) electrons. The Labute approximate surface area is 187 Å². The van der Waals surface area contributed by atoms with Crippen LogP contribution in [0, 0.1) is 0 Å². The number of alkyl halides is 6. The van der Waals surface area contributed by atoms with E-state index in [1.165, 1.54) is 0 Å². The van der Waals surface area contributed by atoms with Crippen LogP contribution in [0.2, 0.25) is 0 Å². The van der Waals surface area contributed by atoms with Gasteiger partial charge in [0.25, 0.3) is 0 Å². The molecule has 1 amide bonds. The molecule has 1 saturated heterocycles. The van der Waals surface area contributed by atoms with Crippen LogP contribution >= 0.6 is 11.8 Å². The molecule has 1 aliphatic carbocycles. The van der Waals surface area contributed by atoms with Crippen LogP contribution < -0.4 is 5.32 Å². The Morgan fingerprint density at radius 3 is 1.97 bits per heavy atom. The minimum absolute atomic E-state index is 0.114. The maximum atomic E-state index is 13.1. The van der Waals surface area contributed by atoms with Crippen LogP contribution in [0.4, 0.5) is 31.1 Å². The number of halogens is 6. The van der Waals surface area contributed by atoms with E-state index in [9.17, 15) is 35.9 Å². The number of carbonyl (C=O) groups excluding carboxylic acids is 2. The lowest BCUT2D eigenvalue weighted by molar-refractivity contribution is -0.327. The zero-order valence-electron chi connectivity index (χ0n) is 16.5. The standard InChI is InChI=1S/C21H15F6NO4S/c22-20(23,24)19(21(25,26)27)32-17(29)16(33-19)9-28-18(30)31-10-15-13-7-3-1-5-11(13)12-6-2-4-8-14(12)15/h1-8,15-16H,9-10H2,(H,28,30). The summed E-state index contributed by atoms with van der Waals surface area (Å²) >= 11 is -0.745. The first-order valence-electron chi connectivity index (χ1n) is 9.57. The third-order valence-corrected chi connectivity index (χ3v) is 6.86. The number of alkyl carbamates (subject to hydrolysis) is 1. The number of rotatable bonds is 4. The number of benzene rings is 2. The van der Waals surface area contributed by atoms with Crippen molar-refractivity contribution < 1.29 is 45.4 Å². The summed E-state index contributed by atoms with van der Waals surface area (Å²) in [7, 11) is 0. The molecule has 1 aliphatic heterocycles. The van der Waals surface area contributed by atoms with E-state index in [-0.39, 0.29) is 12.5 Å². The number of thioether (sulfide) groups is 1. The first kappa shape index (κ1) is 23.3. The average molecular weight is 491 g/mol. The quantitative estimate of drug-likeness (QED) is 0.482. The maximum absolute atomic E-state index is 13.1. The summed E-state index contributed by atoms with van der Waals surface area (Å²) in [5, 5.41) is 0.141. The van der Waals surface area contributed by atoms with Crippen LogP contribution in [0.25, 0.3) is 11.1 Å². The first-order chi connectivity index (χ1) is 15.4. The van der Waals surface area contributed by atoms with E-state index in [4.69, 9.17) is 4.74 Å². The second-order valence-corrected chi connectivity index (χ2v) is 8.73. The Kier molecular flexibility index (Phi) is 5.75. The SMILES string of the molecule is O=C(NCC1SC(C(F)(F)F)(C(F)(F)F)OC1=O)OCC1c2ccccc2-c2ccccc21. The predicted molar refractivity (Wildman–Crippen MR) is 105 cm³/mol. The van der Waals surface area contributed by atoms with E-state index < -0.39 is 52.9 Å². The summed E-state index contributed by atoms with van der Waals surface area (Å²) in [5.41, 5.74) is 3.79. The molecule has 2 aromatic rings. The van der Waals surface area contributed by atoms with Gasteiger partial charge in [-0.3, -0.25) is 4.79 Å². The van der Waals surface area contributed by atoms with Crippen LogP contribution in [0.5, 0.6) is 0 Å². The van der Waals surface area contributed by atoms with Crippen molar-refractivity contribution in [1.29, 1.82) is 0 Å². The molecule has 0 bridgehead atoms. The van der Waals surface area contributed by atoms with Gasteiger partial charge in [0.1, 0.15) is 11.9 Å². The molecule has 1 fully saturated rings. The van der Waals surface area contributed by atoms with Gasteiger partial charge in [-0.15, -0.1) is 0 Å². The molecule has 1 N–H and O–H groups in total. The Morgan fingerprint density at radius 2 is 1.48 bits per heavy atom. The van der Waals surface area contributed by atoms with Gasteiger partial charge in [0, 0.05) is 12.5 Å². The number of hydrogen-bond acceptors (Lipinski definition) is 5. The Morgan fingerprint density at radius 1 is 0.970 bits per heavy atom. The minimum atomic E-state index is -5.88. The molecule has 2 aliphatic rings. The number of nitrogens with one attached hydrogen (secondary N) is 1. The molecule has 176 valence electrons. The molecule has 0 saturated carbocycles. The average Bonchev–Trinajstić information content (AvgIpc) is 3.26.